The van der Waals surface area contributed by atoms with Crippen LogP contribution in [0.3, 0.4) is 0 Å². The number of furan rings is 1. The van der Waals surface area contributed by atoms with Gasteiger partial charge in [-0.15, -0.1) is 22.7 Å². The summed E-state index contributed by atoms with van der Waals surface area (Å²) < 4.78 is 14.1. The largest absolute Gasteiger partial charge is 0.439 e. The summed E-state index contributed by atoms with van der Waals surface area (Å²) in [5.74, 6) is 0. The van der Waals surface area contributed by atoms with Crippen LogP contribution >= 0.6 is 22.7 Å². The zero-order valence-electron chi connectivity index (χ0n) is 29.4. The van der Waals surface area contributed by atoms with Gasteiger partial charge in [0.2, 0.25) is 5.71 Å². The molecule has 0 aliphatic carbocycles. The second-order valence-electron chi connectivity index (χ2n) is 14.1. The van der Waals surface area contributed by atoms with Crippen LogP contribution in [-0.4, -0.2) is 4.57 Å². The van der Waals surface area contributed by atoms with Crippen molar-refractivity contribution in [3.8, 4) is 16.8 Å². The first-order valence-corrected chi connectivity index (χ1v) is 20.1. The van der Waals surface area contributed by atoms with Crippen molar-refractivity contribution in [2.75, 3.05) is 4.90 Å². The first-order valence-electron chi connectivity index (χ1n) is 18.5. The number of benzene rings is 8. The van der Waals surface area contributed by atoms with E-state index in [0.29, 0.717) is 0 Å². The molecule has 0 saturated carbocycles. The molecule has 0 spiro atoms. The Kier molecular flexibility index (Phi) is 6.67. The van der Waals surface area contributed by atoms with Gasteiger partial charge >= 0.3 is 0 Å². The fourth-order valence-corrected chi connectivity index (χ4v) is 10.9. The molecule has 0 fully saturated rings. The Hall–Kier alpha value is -6.66. The number of thiophene rings is 2. The second kappa shape index (κ2) is 11.9. The Balaban J connectivity index is 1.04. The SMILES string of the molecule is c1ccc(-n2c3ccccc3c3c4cc(-c5ccc(N(c6cccc7c6sc6ccccc67)c6cccc7c6sc6ccccc67)cc5)ccc4oc32)cc1. The van der Waals surface area contributed by atoms with Crippen LogP contribution in [0.25, 0.3) is 90.1 Å². The van der Waals surface area contributed by atoms with Crippen molar-refractivity contribution in [1.82, 2.24) is 4.57 Å². The number of rotatable bonds is 5. The van der Waals surface area contributed by atoms with E-state index in [-0.39, 0.29) is 0 Å². The van der Waals surface area contributed by atoms with Crippen molar-refractivity contribution in [2.45, 2.75) is 0 Å². The standard InChI is InChI=1S/C50H30N2OS2/c1-2-12-33(13-3-1)52-41-19-7-4-16-39(41)47-40-30-32(26-29-44(40)53-50(47)52)31-24-27-34(28-25-31)51(42-20-10-17-37-35-14-5-8-22-45(35)54-48(37)42)43-21-11-18-38-36-15-6-9-23-46(36)55-49(38)43/h1-30H. The summed E-state index contributed by atoms with van der Waals surface area (Å²) in [6, 6.07) is 65.8. The predicted molar refractivity (Wildman–Crippen MR) is 236 cm³/mol. The van der Waals surface area contributed by atoms with Crippen molar-refractivity contribution in [3.63, 3.8) is 0 Å². The monoisotopic (exact) mass is 738 g/mol. The molecule has 0 amide bonds. The van der Waals surface area contributed by atoms with Crippen LogP contribution in [0, 0.1) is 0 Å². The van der Waals surface area contributed by atoms with Gasteiger partial charge in [-0.05, 0) is 77.9 Å². The molecule has 0 unspecified atom stereocenters. The van der Waals surface area contributed by atoms with Gasteiger partial charge in [-0.2, -0.15) is 0 Å². The lowest BCUT2D eigenvalue weighted by Crippen LogP contribution is -2.10. The highest BCUT2D eigenvalue weighted by atomic mass is 32.1. The average Bonchev–Trinajstić information content (AvgIpc) is 4.00. The summed E-state index contributed by atoms with van der Waals surface area (Å²) in [7, 11) is 0. The van der Waals surface area contributed by atoms with E-state index in [1.807, 2.05) is 22.7 Å². The van der Waals surface area contributed by atoms with Crippen molar-refractivity contribution in [3.05, 3.63) is 182 Å². The summed E-state index contributed by atoms with van der Waals surface area (Å²) in [5.41, 5.74) is 9.80. The molecule has 0 radical (unpaired) electrons. The lowest BCUT2D eigenvalue weighted by atomic mass is 10.0. The number of hydrogen-bond donors (Lipinski definition) is 0. The van der Waals surface area contributed by atoms with E-state index in [9.17, 15) is 0 Å². The number of anilines is 3. The minimum Gasteiger partial charge on any atom is -0.439 e. The maximum Gasteiger partial charge on any atom is 0.213 e. The number of fused-ring (bicyclic) bond motifs is 11. The van der Waals surface area contributed by atoms with Gasteiger partial charge in [-0.3, -0.25) is 4.57 Å². The first-order chi connectivity index (χ1) is 27.3. The Labute approximate surface area is 324 Å². The van der Waals surface area contributed by atoms with E-state index in [1.54, 1.807) is 0 Å². The molecule has 0 bridgehead atoms. The lowest BCUT2D eigenvalue weighted by Gasteiger charge is -2.27. The van der Waals surface area contributed by atoms with Crippen molar-refractivity contribution in [1.29, 1.82) is 0 Å². The fraction of sp³-hybridized carbons (Fsp3) is 0. The van der Waals surface area contributed by atoms with Crippen molar-refractivity contribution >= 4 is 113 Å². The predicted octanol–water partition coefficient (Wildman–Crippen LogP) is 15.4. The van der Waals surface area contributed by atoms with Crippen LogP contribution in [0.1, 0.15) is 0 Å². The Morgan fingerprint density at radius 3 is 1.67 bits per heavy atom. The van der Waals surface area contributed by atoms with E-state index in [0.717, 1.165) is 50.1 Å². The number of hydrogen-bond acceptors (Lipinski definition) is 4. The van der Waals surface area contributed by atoms with Crippen molar-refractivity contribution in [2.24, 2.45) is 0 Å². The highest BCUT2D eigenvalue weighted by molar-refractivity contribution is 7.27. The minimum absolute atomic E-state index is 0.872. The van der Waals surface area contributed by atoms with E-state index in [4.69, 9.17) is 4.42 Å². The molecule has 55 heavy (non-hydrogen) atoms. The zero-order valence-corrected chi connectivity index (χ0v) is 31.1. The van der Waals surface area contributed by atoms with E-state index >= 15 is 0 Å². The van der Waals surface area contributed by atoms with Gasteiger partial charge in [0, 0.05) is 53.1 Å². The minimum atomic E-state index is 0.872. The summed E-state index contributed by atoms with van der Waals surface area (Å²) >= 11 is 3.74. The Morgan fingerprint density at radius 1 is 0.436 bits per heavy atom. The third-order valence-electron chi connectivity index (χ3n) is 11.0. The van der Waals surface area contributed by atoms with Gasteiger partial charge in [0.15, 0.2) is 0 Å². The smallest absolute Gasteiger partial charge is 0.213 e. The molecule has 0 atom stereocenters. The fourth-order valence-electron chi connectivity index (χ4n) is 8.53. The third kappa shape index (κ3) is 4.61. The van der Waals surface area contributed by atoms with E-state index in [1.165, 1.54) is 57.1 Å². The highest BCUT2D eigenvalue weighted by Crippen LogP contribution is 2.49. The van der Waals surface area contributed by atoms with Gasteiger partial charge in [-0.1, -0.05) is 115 Å². The van der Waals surface area contributed by atoms with Gasteiger partial charge in [0.25, 0.3) is 0 Å². The van der Waals surface area contributed by atoms with E-state index < -0.39 is 0 Å². The van der Waals surface area contributed by atoms with Crippen LogP contribution in [0.4, 0.5) is 17.1 Å². The molecule has 5 heteroatoms. The molecule has 12 rings (SSSR count). The number of aromatic nitrogens is 1. The number of para-hydroxylation sites is 2. The molecule has 0 aliphatic heterocycles. The van der Waals surface area contributed by atoms with E-state index in [2.05, 4.69) is 191 Å². The van der Waals surface area contributed by atoms with Gasteiger partial charge in [0.1, 0.15) is 5.58 Å². The maximum absolute atomic E-state index is 6.63. The van der Waals surface area contributed by atoms with Gasteiger partial charge in [-0.25, -0.2) is 0 Å². The average molecular weight is 739 g/mol. The molecule has 4 aromatic heterocycles. The second-order valence-corrected chi connectivity index (χ2v) is 16.2. The summed E-state index contributed by atoms with van der Waals surface area (Å²) in [6.07, 6.45) is 0. The molecular weight excluding hydrogens is 709 g/mol. The summed E-state index contributed by atoms with van der Waals surface area (Å²) in [6.45, 7) is 0. The zero-order chi connectivity index (χ0) is 36.0. The topological polar surface area (TPSA) is 21.3 Å². The molecule has 0 N–H and O–H groups in total. The maximum atomic E-state index is 6.63. The Morgan fingerprint density at radius 2 is 1.00 bits per heavy atom. The highest BCUT2D eigenvalue weighted by Gasteiger charge is 2.23. The molecular formula is C50H30N2OS2. The molecule has 0 aliphatic rings. The van der Waals surface area contributed by atoms with Crippen LogP contribution < -0.4 is 4.90 Å². The summed E-state index contributed by atoms with van der Waals surface area (Å²) in [5, 5.41) is 8.64. The number of nitrogens with zero attached hydrogens (tertiary/aromatic N) is 2. The van der Waals surface area contributed by atoms with Crippen molar-refractivity contribution < 1.29 is 4.42 Å². The Bertz CT molecular complexity index is 3330. The normalized spacial score (nSPS) is 12.0. The molecule has 258 valence electrons. The first kappa shape index (κ1) is 30.8. The molecule has 4 heterocycles. The van der Waals surface area contributed by atoms with Gasteiger partial charge < -0.3 is 9.32 Å². The van der Waals surface area contributed by atoms with Crippen LogP contribution in [0.5, 0.6) is 0 Å². The summed E-state index contributed by atoms with van der Waals surface area (Å²) in [4.78, 5) is 2.47. The molecule has 12 aromatic rings. The lowest BCUT2D eigenvalue weighted by molar-refractivity contribution is 0.645. The third-order valence-corrected chi connectivity index (χ3v) is 13.4. The van der Waals surface area contributed by atoms with Crippen LogP contribution in [0.2, 0.25) is 0 Å². The van der Waals surface area contributed by atoms with Crippen LogP contribution in [-0.2, 0) is 0 Å². The molecule has 8 aromatic carbocycles. The van der Waals surface area contributed by atoms with Crippen LogP contribution in [0.15, 0.2) is 186 Å². The molecule has 0 saturated heterocycles. The molecule has 3 nitrogen and oxygen atoms in total. The quantitative estimate of drug-likeness (QED) is 0.175. The van der Waals surface area contributed by atoms with Gasteiger partial charge in [0.05, 0.1) is 31.7 Å².